The van der Waals surface area contributed by atoms with Crippen LogP contribution in [0.1, 0.15) is 116 Å². The van der Waals surface area contributed by atoms with Crippen LogP contribution in [0.15, 0.2) is 24.3 Å². The standard InChI is InChI=1S/C29H46O2/c1-3-5-23-7-9-24(10-8-23)11-12-25-13-15-26(16-14-25)17-18-27-19-21-28(22-20-27)31-29(30)6-4-2/h19-26H,3-18H2,1-2H3. The van der Waals surface area contributed by atoms with E-state index >= 15 is 0 Å². The number of aryl methyl sites for hydroxylation is 1. The number of benzene rings is 1. The first kappa shape index (κ1) is 24.3. The Morgan fingerprint density at radius 3 is 1.68 bits per heavy atom. The first-order valence-corrected chi connectivity index (χ1v) is 13.5. The van der Waals surface area contributed by atoms with Crippen LogP contribution < -0.4 is 4.74 Å². The van der Waals surface area contributed by atoms with Crippen molar-refractivity contribution in [2.75, 3.05) is 0 Å². The Hall–Kier alpha value is -1.31. The van der Waals surface area contributed by atoms with Gasteiger partial charge in [0, 0.05) is 6.42 Å². The summed E-state index contributed by atoms with van der Waals surface area (Å²) in [6.07, 6.45) is 21.4. The SMILES string of the molecule is CCCC(=O)Oc1ccc(CCC2CCC(CCC3CCC(CCC)CC3)CC2)cc1. The van der Waals surface area contributed by atoms with Crippen molar-refractivity contribution in [1.29, 1.82) is 0 Å². The molecule has 0 radical (unpaired) electrons. The quantitative estimate of drug-likeness (QED) is 0.262. The maximum atomic E-state index is 11.6. The molecule has 1 aromatic carbocycles. The summed E-state index contributed by atoms with van der Waals surface area (Å²) < 4.78 is 5.36. The van der Waals surface area contributed by atoms with Crippen LogP contribution in [-0.4, -0.2) is 5.97 Å². The van der Waals surface area contributed by atoms with Crippen LogP contribution in [-0.2, 0) is 11.2 Å². The molecule has 0 bridgehead atoms. The highest BCUT2D eigenvalue weighted by atomic mass is 16.5. The average Bonchev–Trinajstić information content (AvgIpc) is 2.79. The van der Waals surface area contributed by atoms with E-state index in [9.17, 15) is 4.79 Å². The molecule has 0 unspecified atom stereocenters. The van der Waals surface area contributed by atoms with Gasteiger partial charge in [0.1, 0.15) is 5.75 Å². The van der Waals surface area contributed by atoms with Crippen LogP contribution >= 0.6 is 0 Å². The average molecular weight is 427 g/mol. The summed E-state index contributed by atoms with van der Waals surface area (Å²) in [5.41, 5.74) is 1.37. The zero-order chi connectivity index (χ0) is 21.9. The second-order valence-corrected chi connectivity index (χ2v) is 10.5. The van der Waals surface area contributed by atoms with Crippen LogP contribution in [0.3, 0.4) is 0 Å². The molecule has 0 atom stereocenters. The highest BCUT2D eigenvalue weighted by Gasteiger charge is 2.24. The molecule has 2 saturated carbocycles. The molecule has 0 N–H and O–H groups in total. The Kier molecular flexibility index (Phi) is 10.4. The third-order valence-corrected chi connectivity index (χ3v) is 8.06. The molecule has 0 amide bonds. The predicted molar refractivity (Wildman–Crippen MR) is 130 cm³/mol. The molecule has 2 nitrogen and oxygen atoms in total. The van der Waals surface area contributed by atoms with E-state index in [0.29, 0.717) is 12.2 Å². The van der Waals surface area contributed by atoms with E-state index in [-0.39, 0.29) is 5.97 Å². The first-order valence-electron chi connectivity index (χ1n) is 13.5. The van der Waals surface area contributed by atoms with E-state index < -0.39 is 0 Å². The molecule has 174 valence electrons. The first-order chi connectivity index (χ1) is 15.2. The fourth-order valence-corrected chi connectivity index (χ4v) is 5.98. The van der Waals surface area contributed by atoms with Crippen LogP contribution in [0.25, 0.3) is 0 Å². The molecule has 3 rings (SSSR count). The normalized spacial score (nSPS) is 26.5. The Labute approximate surface area is 191 Å². The van der Waals surface area contributed by atoms with Gasteiger partial charge >= 0.3 is 5.97 Å². The molecule has 0 saturated heterocycles. The molecule has 2 fully saturated rings. The molecule has 0 aliphatic heterocycles. The monoisotopic (exact) mass is 426 g/mol. The summed E-state index contributed by atoms with van der Waals surface area (Å²) in [5.74, 6) is 4.54. The lowest BCUT2D eigenvalue weighted by atomic mass is 9.74. The smallest absolute Gasteiger partial charge is 0.311 e. The Morgan fingerprint density at radius 2 is 1.19 bits per heavy atom. The summed E-state index contributed by atoms with van der Waals surface area (Å²) in [5, 5.41) is 0. The van der Waals surface area contributed by atoms with Gasteiger partial charge < -0.3 is 4.74 Å². The van der Waals surface area contributed by atoms with Crippen molar-refractivity contribution < 1.29 is 9.53 Å². The van der Waals surface area contributed by atoms with Gasteiger partial charge in [0.25, 0.3) is 0 Å². The Bertz CT molecular complexity index is 619. The van der Waals surface area contributed by atoms with Crippen LogP contribution in [0, 0.1) is 23.7 Å². The van der Waals surface area contributed by atoms with Crippen molar-refractivity contribution in [3.63, 3.8) is 0 Å². The lowest BCUT2D eigenvalue weighted by molar-refractivity contribution is -0.134. The number of esters is 1. The number of carbonyl (C=O) groups excluding carboxylic acids is 1. The van der Waals surface area contributed by atoms with Gasteiger partial charge in [0.2, 0.25) is 0 Å². The highest BCUT2D eigenvalue weighted by Crippen LogP contribution is 2.38. The largest absolute Gasteiger partial charge is 0.427 e. The molecule has 0 heterocycles. The molecular weight excluding hydrogens is 380 g/mol. The van der Waals surface area contributed by atoms with E-state index in [0.717, 1.165) is 36.5 Å². The topological polar surface area (TPSA) is 26.3 Å². The van der Waals surface area contributed by atoms with Crippen molar-refractivity contribution >= 4 is 5.97 Å². The van der Waals surface area contributed by atoms with Crippen molar-refractivity contribution in [2.45, 2.75) is 117 Å². The molecular formula is C29H46O2. The third-order valence-electron chi connectivity index (χ3n) is 8.06. The summed E-state index contributed by atoms with van der Waals surface area (Å²) in [6.45, 7) is 4.34. The van der Waals surface area contributed by atoms with Crippen molar-refractivity contribution in [1.82, 2.24) is 0 Å². The van der Waals surface area contributed by atoms with Crippen molar-refractivity contribution in [3.8, 4) is 5.75 Å². The molecule has 0 spiro atoms. The van der Waals surface area contributed by atoms with Gasteiger partial charge in [-0.25, -0.2) is 0 Å². The molecule has 2 heteroatoms. The number of hydrogen-bond acceptors (Lipinski definition) is 2. The molecule has 1 aromatic rings. The van der Waals surface area contributed by atoms with Crippen LogP contribution in [0.2, 0.25) is 0 Å². The minimum absolute atomic E-state index is 0.129. The maximum absolute atomic E-state index is 11.6. The van der Waals surface area contributed by atoms with Gasteiger partial charge in [-0.15, -0.1) is 0 Å². The van der Waals surface area contributed by atoms with Crippen LogP contribution in [0.5, 0.6) is 5.75 Å². The van der Waals surface area contributed by atoms with E-state index in [2.05, 4.69) is 19.1 Å². The third kappa shape index (κ3) is 8.62. The second kappa shape index (κ2) is 13.3. The van der Waals surface area contributed by atoms with Gasteiger partial charge in [0.05, 0.1) is 0 Å². The van der Waals surface area contributed by atoms with Gasteiger partial charge in [-0.1, -0.05) is 103 Å². The van der Waals surface area contributed by atoms with E-state index in [1.807, 2.05) is 19.1 Å². The van der Waals surface area contributed by atoms with Gasteiger partial charge in [-0.3, -0.25) is 4.79 Å². The second-order valence-electron chi connectivity index (χ2n) is 10.5. The number of rotatable bonds is 11. The minimum atomic E-state index is -0.129. The fraction of sp³-hybridized carbons (Fsp3) is 0.759. The van der Waals surface area contributed by atoms with E-state index in [1.165, 1.54) is 89.0 Å². The summed E-state index contributed by atoms with van der Waals surface area (Å²) in [4.78, 5) is 11.6. The Balaban J connectivity index is 1.28. The molecule has 2 aliphatic rings. The van der Waals surface area contributed by atoms with E-state index in [1.54, 1.807) is 0 Å². The molecule has 0 aromatic heterocycles. The van der Waals surface area contributed by atoms with Gasteiger partial charge in [-0.2, -0.15) is 0 Å². The summed E-state index contributed by atoms with van der Waals surface area (Å²) in [6, 6.07) is 8.18. The number of hydrogen-bond donors (Lipinski definition) is 0. The summed E-state index contributed by atoms with van der Waals surface area (Å²) >= 11 is 0. The lowest BCUT2D eigenvalue weighted by Crippen LogP contribution is -2.18. The van der Waals surface area contributed by atoms with Crippen LogP contribution in [0.4, 0.5) is 0 Å². The lowest BCUT2D eigenvalue weighted by Gasteiger charge is -2.32. The highest BCUT2D eigenvalue weighted by molar-refractivity contribution is 5.72. The summed E-state index contributed by atoms with van der Waals surface area (Å²) in [7, 11) is 0. The van der Waals surface area contributed by atoms with E-state index in [4.69, 9.17) is 4.74 Å². The van der Waals surface area contributed by atoms with Crippen molar-refractivity contribution in [2.24, 2.45) is 23.7 Å². The maximum Gasteiger partial charge on any atom is 0.311 e. The van der Waals surface area contributed by atoms with Crippen molar-refractivity contribution in [3.05, 3.63) is 29.8 Å². The zero-order valence-electron chi connectivity index (χ0n) is 20.2. The number of ether oxygens (including phenoxy) is 1. The molecule has 31 heavy (non-hydrogen) atoms. The Morgan fingerprint density at radius 1 is 0.710 bits per heavy atom. The van der Waals surface area contributed by atoms with Gasteiger partial charge in [0.15, 0.2) is 0 Å². The fourth-order valence-electron chi connectivity index (χ4n) is 5.98. The minimum Gasteiger partial charge on any atom is -0.427 e. The number of carbonyl (C=O) groups is 1. The predicted octanol–water partition coefficient (Wildman–Crippen LogP) is 8.52. The van der Waals surface area contributed by atoms with Gasteiger partial charge in [-0.05, 0) is 60.6 Å². The zero-order valence-corrected chi connectivity index (χ0v) is 20.2. The molecule has 2 aliphatic carbocycles.